The topological polar surface area (TPSA) is 63.4 Å². The fourth-order valence-corrected chi connectivity index (χ4v) is 4.06. The fraction of sp³-hybridized carbons (Fsp3) is 0.500. The highest BCUT2D eigenvalue weighted by molar-refractivity contribution is 7.89. The average molecular weight is 290 g/mol. The third kappa shape index (κ3) is 2.93. The molecule has 19 heavy (non-hydrogen) atoms. The van der Waals surface area contributed by atoms with Crippen molar-refractivity contribution in [2.75, 3.05) is 6.54 Å². The summed E-state index contributed by atoms with van der Waals surface area (Å²) in [5.41, 5.74) is 5.78. The Hall–Kier alpha value is -1.05. The molecule has 2 atom stereocenters. The SMILES string of the molecule is C[C@H]1C[C@H](N)CCN1S(=O)(=O)c1cc(F)cc(F)c1. The van der Waals surface area contributed by atoms with Crippen molar-refractivity contribution in [1.29, 1.82) is 0 Å². The number of rotatable bonds is 2. The second-order valence-corrected chi connectivity index (χ2v) is 6.74. The maximum Gasteiger partial charge on any atom is 0.243 e. The smallest absolute Gasteiger partial charge is 0.243 e. The summed E-state index contributed by atoms with van der Waals surface area (Å²) in [6.07, 6.45) is 1.08. The minimum Gasteiger partial charge on any atom is -0.328 e. The molecule has 7 heteroatoms. The molecule has 0 saturated carbocycles. The number of piperidine rings is 1. The van der Waals surface area contributed by atoms with Gasteiger partial charge in [0.25, 0.3) is 0 Å². The lowest BCUT2D eigenvalue weighted by Crippen LogP contribution is -2.48. The van der Waals surface area contributed by atoms with Gasteiger partial charge in [-0.15, -0.1) is 0 Å². The van der Waals surface area contributed by atoms with E-state index in [1.54, 1.807) is 6.92 Å². The van der Waals surface area contributed by atoms with Gasteiger partial charge in [-0.05, 0) is 31.9 Å². The molecule has 1 aromatic carbocycles. The van der Waals surface area contributed by atoms with Gasteiger partial charge < -0.3 is 5.73 Å². The minimum atomic E-state index is -3.88. The number of halogens is 2. The van der Waals surface area contributed by atoms with E-state index in [-0.39, 0.29) is 23.5 Å². The molecule has 0 aliphatic carbocycles. The van der Waals surface area contributed by atoms with Crippen molar-refractivity contribution in [1.82, 2.24) is 4.31 Å². The van der Waals surface area contributed by atoms with E-state index in [2.05, 4.69) is 0 Å². The molecule has 1 fully saturated rings. The van der Waals surface area contributed by atoms with Crippen LogP contribution in [0.15, 0.2) is 23.1 Å². The van der Waals surface area contributed by atoms with E-state index in [0.29, 0.717) is 18.9 Å². The predicted molar refractivity (Wildman–Crippen MR) is 66.9 cm³/mol. The van der Waals surface area contributed by atoms with E-state index in [9.17, 15) is 17.2 Å². The molecule has 2 rings (SSSR count). The van der Waals surface area contributed by atoms with E-state index in [4.69, 9.17) is 5.73 Å². The van der Waals surface area contributed by atoms with E-state index >= 15 is 0 Å². The molecule has 1 aromatic rings. The fourth-order valence-electron chi connectivity index (χ4n) is 2.36. The molecular weight excluding hydrogens is 274 g/mol. The summed E-state index contributed by atoms with van der Waals surface area (Å²) in [4.78, 5) is -0.354. The number of nitrogens with zero attached hydrogens (tertiary/aromatic N) is 1. The Bertz CT molecular complexity index is 557. The Morgan fingerprint density at radius 3 is 2.37 bits per heavy atom. The van der Waals surface area contributed by atoms with Gasteiger partial charge in [-0.25, -0.2) is 17.2 Å². The number of nitrogens with two attached hydrogens (primary N) is 1. The lowest BCUT2D eigenvalue weighted by molar-refractivity contribution is 0.247. The highest BCUT2D eigenvalue weighted by atomic mass is 32.2. The third-order valence-corrected chi connectivity index (χ3v) is 5.29. The Morgan fingerprint density at radius 1 is 1.26 bits per heavy atom. The van der Waals surface area contributed by atoms with E-state index in [0.717, 1.165) is 12.1 Å². The van der Waals surface area contributed by atoms with Crippen molar-refractivity contribution >= 4 is 10.0 Å². The van der Waals surface area contributed by atoms with Crippen LogP contribution in [0.25, 0.3) is 0 Å². The van der Waals surface area contributed by atoms with Gasteiger partial charge >= 0.3 is 0 Å². The zero-order valence-corrected chi connectivity index (χ0v) is 11.3. The molecule has 0 amide bonds. The lowest BCUT2D eigenvalue weighted by Gasteiger charge is -2.35. The molecule has 0 aromatic heterocycles. The Balaban J connectivity index is 2.36. The van der Waals surface area contributed by atoms with Gasteiger partial charge in [0.15, 0.2) is 0 Å². The van der Waals surface area contributed by atoms with Crippen molar-refractivity contribution in [2.45, 2.75) is 36.7 Å². The molecule has 0 spiro atoms. The zero-order chi connectivity index (χ0) is 14.2. The van der Waals surface area contributed by atoms with Gasteiger partial charge in [-0.3, -0.25) is 0 Å². The van der Waals surface area contributed by atoms with Crippen LogP contribution in [0, 0.1) is 11.6 Å². The van der Waals surface area contributed by atoms with Crippen LogP contribution in [0.5, 0.6) is 0 Å². The quantitative estimate of drug-likeness (QED) is 0.897. The first-order valence-corrected chi connectivity index (χ1v) is 7.48. The predicted octanol–water partition coefficient (Wildman–Crippen LogP) is 1.47. The van der Waals surface area contributed by atoms with Crippen LogP contribution >= 0.6 is 0 Å². The first kappa shape index (κ1) is 14.4. The molecule has 2 N–H and O–H groups in total. The van der Waals surface area contributed by atoms with Crippen molar-refractivity contribution in [3.8, 4) is 0 Å². The molecule has 0 radical (unpaired) electrons. The Kier molecular flexibility index (Phi) is 3.89. The highest BCUT2D eigenvalue weighted by Gasteiger charge is 2.33. The second-order valence-electron chi connectivity index (χ2n) is 4.85. The van der Waals surface area contributed by atoms with Crippen LogP contribution in [0.1, 0.15) is 19.8 Å². The largest absolute Gasteiger partial charge is 0.328 e. The maximum absolute atomic E-state index is 13.1. The van der Waals surface area contributed by atoms with Crippen LogP contribution in [0.4, 0.5) is 8.78 Å². The second kappa shape index (κ2) is 5.15. The van der Waals surface area contributed by atoms with Crippen molar-refractivity contribution < 1.29 is 17.2 Å². The molecule has 1 aliphatic heterocycles. The monoisotopic (exact) mass is 290 g/mol. The molecule has 106 valence electrons. The number of hydrogen-bond acceptors (Lipinski definition) is 3. The van der Waals surface area contributed by atoms with Crippen LogP contribution in [-0.4, -0.2) is 31.4 Å². The normalized spacial score (nSPS) is 25.5. The maximum atomic E-state index is 13.1. The summed E-state index contributed by atoms with van der Waals surface area (Å²) in [6.45, 7) is 2.01. The van der Waals surface area contributed by atoms with Gasteiger partial charge in [0.05, 0.1) is 4.90 Å². The van der Waals surface area contributed by atoms with E-state index in [1.807, 2.05) is 0 Å². The molecule has 1 aliphatic rings. The van der Waals surface area contributed by atoms with Gasteiger partial charge in [0, 0.05) is 24.7 Å². The molecule has 0 unspecified atom stereocenters. The minimum absolute atomic E-state index is 0.0364. The average Bonchev–Trinajstić information content (AvgIpc) is 2.26. The lowest BCUT2D eigenvalue weighted by atomic mass is 10.0. The molecule has 1 saturated heterocycles. The van der Waals surface area contributed by atoms with Gasteiger partial charge in [0.1, 0.15) is 11.6 Å². The first-order valence-electron chi connectivity index (χ1n) is 6.04. The summed E-state index contributed by atoms with van der Waals surface area (Å²) in [7, 11) is -3.88. The van der Waals surface area contributed by atoms with Crippen LogP contribution in [-0.2, 0) is 10.0 Å². The summed E-state index contributed by atoms with van der Waals surface area (Å²) in [6, 6.07) is 2.00. The van der Waals surface area contributed by atoms with Crippen molar-refractivity contribution in [2.24, 2.45) is 5.73 Å². The molecule has 4 nitrogen and oxygen atoms in total. The summed E-state index contributed by atoms with van der Waals surface area (Å²) in [5, 5.41) is 0. The van der Waals surface area contributed by atoms with Gasteiger partial charge in [0.2, 0.25) is 10.0 Å². The van der Waals surface area contributed by atoms with E-state index in [1.165, 1.54) is 4.31 Å². The number of hydrogen-bond donors (Lipinski definition) is 1. The Labute approximate surface area is 111 Å². The molecule has 0 bridgehead atoms. The van der Waals surface area contributed by atoms with Crippen molar-refractivity contribution in [3.63, 3.8) is 0 Å². The number of sulfonamides is 1. The Morgan fingerprint density at radius 2 is 1.84 bits per heavy atom. The summed E-state index contributed by atoms with van der Waals surface area (Å²) >= 11 is 0. The van der Waals surface area contributed by atoms with E-state index < -0.39 is 21.7 Å². The summed E-state index contributed by atoms with van der Waals surface area (Å²) < 4.78 is 52.3. The van der Waals surface area contributed by atoms with Crippen LogP contribution in [0.3, 0.4) is 0 Å². The standard InChI is InChI=1S/C12H16F2N2O2S/c1-8-4-11(15)2-3-16(8)19(17,18)12-6-9(13)5-10(14)7-12/h5-8,11H,2-4,15H2,1H3/t8-,11+/m0/s1. The number of benzene rings is 1. The van der Waals surface area contributed by atoms with Crippen molar-refractivity contribution in [3.05, 3.63) is 29.8 Å². The van der Waals surface area contributed by atoms with Crippen LogP contribution in [0.2, 0.25) is 0 Å². The molecular formula is C12H16F2N2O2S. The third-order valence-electron chi connectivity index (χ3n) is 3.30. The van der Waals surface area contributed by atoms with Gasteiger partial charge in [-0.2, -0.15) is 4.31 Å². The van der Waals surface area contributed by atoms with Crippen LogP contribution < -0.4 is 5.73 Å². The molecule has 1 heterocycles. The van der Waals surface area contributed by atoms with Gasteiger partial charge in [-0.1, -0.05) is 0 Å². The summed E-state index contributed by atoms with van der Waals surface area (Å²) in [5.74, 6) is -1.81. The first-order chi connectivity index (χ1) is 8.80. The highest BCUT2D eigenvalue weighted by Crippen LogP contribution is 2.25. The zero-order valence-electron chi connectivity index (χ0n) is 10.5.